The Bertz CT molecular complexity index is 1160. The second kappa shape index (κ2) is 8.55. The summed E-state index contributed by atoms with van der Waals surface area (Å²) in [5.74, 6) is -0.562. The van der Waals surface area contributed by atoms with E-state index in [0.29, 0.717) is 17.2 Å². The molecule has 0 N–H and O–H groups in total. The van der Waals surface area contributed by atoms with E-state index in [9.17, 15) is 9.59 Å². The molecule has 9 nitrogen and oxygen atoms in total. The summed E-state index contributed by atoms with van der Waals surface area (Å²) in [5, 5.41) is 14.1. The van der Waals surface area contributed by atoms with E-state index >= 15 is 0 Å². The average Bonchev–Trinajstić information content (AvgIpc) is 3.25. The van der Waals surface area contributed by atoms with Crippen molar-refractivity contribution in [1.29, 1.82) is 0 Å². The van der Waals surface area contributed by atoms with Gasteiger partial charge in [0, 0.05) is 5.70 Å². The van der Waals surface area contributed by atoms with E-state index in [2.05, 4.69) is 15.5 Å². The predicted molar refractivity (Wildman–Crippen MR) is 113 cm³/mol. The number of carbonyl (C=O) groups is 2. The Kier molecular flexibility index (Phi) is 5.66. The van der Waals surface area contributed by atoms with Crippen LogP contribution >= 0.6 is 0 Å². The highest BCUT2D eigenvalue weighted by molar-refractivity contribution is 5.95. The van der Waals surface area contributed by atoms with Gasteiger partial charge in [0.1, 0.15) is 12.6 Å². The lowest BCUT2D eigenvalue weighted by Gasteiger charge is -2.34. The zero-order valence-corrected chi connectivity index (χ0v) is 17.6. The largest absolute Gasteiger partial charge is 0.465 e. The van der Waals surface area contributed by atoms with E-state index in [1.807, 2.05) is 42.5 Å². The number of esters is 2. The molecule has 4 rings (SSSR count). The van der Waals surface area contributed by atoms with Crippen LogP contribution in [0.25, 0.3) is 10.8 Å². The molecule has 0 saturated heterocycles. The first-order chi connectivity index (χ1) is 15.1. The third kappa shape index (κ3) is 3.63. The van der Waals surface area contributed by atoms with Crippen molar-refractivity contribution < 1.29 is 19.1 Å². The van der Waals surface area contributed by atoms with Crippen LogP contribution in [0.3, 0.4) is 0 Å². The molecule has 1 atom stereocenters. The Morgan fingerprint density at radius 3 is 2.55 bits per heavy atom. The Morgan fingerprint density at radius 1 is 1.03 bits per heavy atom. The molecule has 2 aromatic carbocycles. The van der Waals surface area contributed by atoms with Crippen molar-refractivity contribution in [2.45, 2.75) is 26.8 Å². The molecule has 31 heavy (non-hydrogen) atoms. The minimum Gasteiger partial charge on any atom is -0.465 e. The Morgan fingerprint density at radius 2 is 1.77 bits per heavy atom. The van der Waals surface area contributed by atoms with Gasteiger partial charge in [0.05, 0.1) is 18.8 Å². The van der Waals surface area contributed by atoms with Crippen molar-refractivity contribution in [2.24, 2.45) is 0 Å². The first kappa shape index (κ1) is 20.5. The van der Waals surface area contributed by atoms with Crippen molar-refractivity contribution >= 4 is 28.7 Å². The molecular weight excluding hydrogens is 398 g/mol. The molecule has 1 aliphatic rings. The highest BCUT2D eigenvalue weighted by Gasteiger charge is 2.39. The highest BCUT2D eigenvalue weighted by atomic mass is 16.5. The van der Waals surface area contributed by atoms with Gasteiger partial charge in [-0.25, -0.2) is 4.79 Å². The fraction of sp³-hybridized carbons (Fsp3) is 0.318. The van der Waals surface area contributed by atoms with Gasteiger partial charge in [-0.15, -0.1) is 0 Å². The molecule has 160 valence electrons. The molecule has 0 fully saturated rings. The molecule has 3 aromatic rings. The zero-order chi connectivity index (χ0) is 22.0. The number of fused-ring (bicyclic) bond motifs is 2. The summed E-state index contributed by atoms with van der Waals surface area (Å²) < 4.78 is 12.0. The van der Waals surface area contributed by atoms with Gasteiger partial charge in [0.15, 0.2) is 0 Å². The number of hydrogen-bond acceptors (Lipinski definition) is 8. The molecule has 0 aliphatic carbocycles. The monoisotopic (exact) mass is 421 g/mol. The summed E-state index contributed by atoms with van der Waals surface area (Å²) in [5.41, 5.74) is 1.79. The summed E-state index contributed by atoms with van der Waals surface area (Å²) >= 11 is 0. The number of ether oxygens (including phenoxy) is 2. The maximum Gasteiger partial charge on any atom is 0.338 e. The van der Waals surface area contributed by atoms with Crippen LogP contribution in [0, 0.1) is 0 Å². The minimum atomic E-state index is -0.603. The third-order valence-corrected chi connectivity index (χ3v) is 5.24. The molecule has 0 radical (unpaired) electrons. The molecule has 0 bridgehead atoms. The number of tetrazole rings is 1. The molecule has 1 aromatic heterocycles. The number of benzene rings is 2. The van der Waals surface area contributed by atoms with E-state index in [0.717, 1.165) is 16.3 Å². The number of hydrogen-bond donors (Lipinski definition) is 0. The number of nitrogens with zero attached hydrogens (tertiary/aromatic N) is 5. The summed E-state index contributed by atoms with van der Waals surface area (Å²) in [6.07, 6.45) is 0. The van der Waals surface area contributed by atoms with Gasteiger partial charge in [0.2, 0.25) is 0 Å². The standard InChI is InChI=1S/C22H23N5O4/c1-4-30-18(28)13-26-14(3)19(21(29)31-5-2)20(27-22(26)23-24-25-27)17-12-8-10-15-9-6-7-11-16(15)17/h6-12,20H,4-5,13H2,1-3H3. The Labute approximate surface area is 179 Å². The smallest absolute Gasteiger partial charge is 0.338 e. The highest BCUT2D eigenvalue weighted by Crippen LogP contribution is 2.40. The summed E-state index contributed by atoms with van der Waals surface area (Å²) in [6.45, 7) is 5.61. The summed E-state index contributed by atoms with van der Waals surface area (Å²) in [4.78, 5) is 26.9. The van der Waals surface area contributed by atoms with Crippen LogP contribution in [0.15, 0.2) is 53.7 Å². The van der Waals surface area contributed by atoms with E-state index in [4.69, 9.17) is 9.47 Å². The summed E-state index contributed by atoms with van der Waals surface area (Å²) in [7, 11) is 0. The van der Waals surface area contributed by atoms with Crippen LogP contribution in [0.1, 0.15) is 32.4 Å². The van der Waals surface area contributed by atoms with Gasteiger partial charge in [0.25, 0.3) is 5.95 Å². The number of rotatable bonds is 6. The van der Waals surface area contributed by atoms with E-state index in [-0.39, 0.29) is 19.8 Å². The van der Waals surface area contributed by atoms with Gasteiger partial charge in [-0.05, 0) is 47.5 Å². The molecule has 0 spiro atoms. The lowest BCUT2D eigenvalue weighted by atomic mass is 9.91. The summed E-state index contributed by atoms with van der Waals surface area (Å²) in [6, 6.07) is 13.2. The van der Waals surface area contributed by atoms with Crippen molar-refractivity contribution in [1.82, 2.24) is 20.2 Å². The van der Waals surface area contributed by atoms with E-state index in [1.54, 1.807) is 30.4 Å². The van der Waals surface area contributed by atoms with Crippen LogP contribution in [0.2, 0.25) is 0 Å². The normalized spacial score (nSPS) is 15.7. The van der Waals surface area contributed by atoms with E-state index < -0.39 is 18.0 Å². The first-order valence-corrected chi connectivity index (χ1v) is 10.1. The first-order valence-electron chi connectivity index (χ1n) is 10.1. The molecule has 1 aliphatic heterocycles. The van der Waals surface area contributed by atoms with Crippen LogP contribution in [0.5, 0.6) is 0 Å². The Hall–Kier alpha value is -3.75. The van der Waals surface area contributed by atoms with Crippen LogP contribution in [-0.4, -0.2) is 51.9 Å². The molecular formula is C22H23N5O4. The van der Waals surface area contributed by atoms with Crippen LogP contribution in [0.4, 0.5) is 5.95 Å². The van der Waals surface area contributed by atoms with Gasteiger partial charge >= 0.3 is 11.9 Å². The van der Waals surface area contributed by atoms with Gasteiger partial charge < -0.3 is 14.4 Å². The SMILES string of the molecule is CCOC(=O)CN1C(C)=C(C(=O)OCC)C(c2cccc3ccccc23)n2nnnc21. The molecule has 0 amide bonds. The van der Waals surface area contributed by atoms with Crippen molar-refractivity contribution in [3.8, 4) is 0 Å². The fourth-order valence-electron chi connectivity index (χ4n) is 3.92. The second-order valence-corrected chi connectivity index (χ2v) is 7.01. The zero-order valence-electron chi connectivity index (χ0n) is 17.6. The fourth-order valence-corrected chi connectivity index (χ4v) is 3.92. The number of aromatic nitrogens is 4. The van der Waals surface area contributed by atoms with Gasteiger partial charge in [-0.2, -0.15) is 4.68 Å². The van der Waals surface area contributed by atoms with Crippen molar-refractivity contribution in [2.75, 3.05) is 24.7 Å². The molecule has 1 unspecified atom stereocenters. The van der Waals surface area contributed by atoms with E-state index in [1.165, 1.54) is 0 Å². The predicted octanol–water partition coefficient (Wildman–Crippen LogP) is 2.64. The Balaban J connectivity index is 1.92. The number of anilines is 1. The number of allylic oxidation sites excluding steroid dienone is 1. The second-order valence-electron chi connectivity index (χ2n) is 7.01. The maximum atomic E-state index is 13.1. The van der Waals surface area contributed by atoms with Gasteiger partial charge in [-0.1, -0.05) is 47.6 Å². The lowest BCUT2D eigenvalue weighted by Crippen LogP contribution is -2.40. The lowest BCUT2D eigenvalue weighted by molar-refractivity contribution is -0.142. The number of carbonyl (C=O) groups excluding carboxylic acids is 2. The minimum absolute atomic E-state index is 0.120. The van der Waals surface area contributed by atoms with Gasteiger partial charge in [-0.3, -0.25) is 4.79 Å². The topological polar surface area (TPSA) is 99.4 Å². The molecule has 2 heterocycles. The van der Waals surface area contributed by atoms with Crippen molar-refractivity contribution in [3.05, 3.63) is 59.3 Å². The molecule has 9 heteroatoms. The molecule has 0 saturated carbocycles. The van der Waals surface area contributed by atoms with Crippen molar-refractivity contribution in [3.63, 3.8) is 0 Å². The average molecular weight is 421 g/mol. The quantitative estimate of drug-likeness (QED) is 0.560. The third-order valence-electron chi connectivity index (χ3n) is 5.24. The van der Waals surface area contributed by atoms with Crippen LogP contribution < -0.4 is 4.90 Å². The maximum absolute atomic E-state index is 13.1. The van der Waals surface area contributed by atoms with Crippen LogP contribution in [-0.2, 0) is 19.1 Å².